The molecule has 4 aromatic rings. The molecule has 3 heterocycles. The summed E-state index contributed by atoms with van der Waals surface area (Å²) < 4.78 is 29.1. The number of fused-ring (bicyclic) bond motifs is 2. The van der Waals surface area contributed by atoms with Crippen LogP contribution in [0.5, 0.6) is 0 Å². The lowest BCUT2D eigenvalue weighted by molar-refractivity contribution is -0.114. The number of carbonyl (C=O) groups is 1. The summed E-state index contributed by atoms with van der Waals surface area (Å²) in [6, 6.07) is 14.3. The Morgan fingerprint density at radius 1 is 1.06 bits per heavy atom. The Morgan fingerprint density at radius 2 is 1.88 bits per heavy atom. The number of pyridine rings is 1. The summed E-state index contributed by atoms with van der Waals surface area (Å²) in [7, 11) is -3.71. The maximum absolute atomic E-state index is 13.3. The first-order valence-electron chi connectivity index (χ1n) is 10.3. The molecule has 5 rings (SSSR count). The van der Waals surface area contributed by atoms with Crippen LogP contribution in [-0.4, -0.2) is 54.6 Å². The van der Waals surface area contributed by atoms with Crippen LogP contribution >= 0.6 is 34.5 Å². The molecule has 2 aromatic carbocycles. The van der Waals surface area contributed by atoms with Crippen LogP contribution in [0.15, 0.2) is 58.9 Å². The lowest BCUT2D eigenvalue weighted by Gasteiger charge is -2.38. The molecule has 1 aliphatic rings. The Hall–Kier alpha value is -2.07. The van der Waals surface area contributed by atoms with Crippen molar-refractivity contribution < 1.29 is 13.2 Å². The summed E-state index contributed by atoms with van der Waals surface area (Å²) in [4.78, 5) is 18.0. The molecule has 0 radical (unpaired) electrons. The number of halogens is 2. The predicted octanol–water partition coefficient (Wildman–Crippen LogP) is 4.83. The van der Waals surface area contributed by atoms with Crippen LogP contribution in [0, 0.1) is 0 Å². The van der Waals surface area contributed by atoms with Crippen molar-refractivity contribution in [2.45, 2.75) is 16.8 Å². The maximum Gasteiger partial charge on any atom is 0.252 e. The van der Waals surface area contributed by atoms with Gasteiger partial charge in [0.25, 0.3) is 10.0 Å². The van der Waals surface area contributed by atoms with E-state index in [1.54, 1.807) is 24.4 Å². The highest BCUT2D eigenvalue weighted by Crippen LogP contribution is 2.33. The van der Waals surface area contributed by atoms with Gasteiger partial charge >= 0.3 is 0 Å². The number of piperazine rings is 1. The Balaban J connectivity index is 1.36. The third-order valence-corrected chi connectivity index (χ3v) is 9.82. The summed E-state index contributed by atoms with van der Waals surface area (Å²) in [5.74, 6) is 0. The first-order valence-corrected chi connectivity index (χ1v) is 13.3. The zero-order valence-electron chi connectivity index (χ0n) is 17.3. The van der Waals surface area contributed by atoms with Gasteiger partial charge in [0.1, 0.15) is 15.6 Å². The lowest BCUT2D eigenvalue weighted by Crippen LogP contribution is -2.54. The molecule has 0 N–H and O–H groups in total. The van der Waals surface area contributed by atoms with Crippen LogP contribution in [0.2, 0.25) is 10.2 Å². The normalized spacial score (nSPS) is 18.2. The maximum atomic E-state index is 13.3. The van der Waals surface area contributed by atoms with Gasteiger partial charge in [-0.1, -0.05) is 41.4 Å². The van der Waals surface area contributed by atoms with Crippen molar-refractivity contribution in [3.8, 4) is 0 Å². The average molecular weight is 520 g/mol. The molecule has 1 atom stereocenters. The van der Waals surface area contributed by atoms with Gasteiger partial charge in [0.2, 0.25) is 0 Å². The van der Waals surface area contributed by atoms with Crippen molar-refractivity contribution in [1.29, 1.82) is 0 Å². The molecule has 0 amide bonds. The second-order valence-electron chi connectivity index (χ2n) is 7.94. The van der Waals surface area contributed by atoms with Crippen molar-refractivity contribution in [2.24, 2.45) is 0 Å². The van der Waals surface area contributed by atoms with Gasteiger partial charge in [-0.3, -0.25) is 4.90 Å². The van der Waals surface area contributed by atoms with E-state index in [4.69, 9.17) is 23.2 Å². The fourth-order valence-electron chi connectivity index (χ4n) is 4.11. The van der Waals surface area contributed by atoms with E-state index in [0.29, 0.717) is 29.8 Å². The van der Waals surface area contributed by atoms with Gasteiger partial charge < -0.3 is 4.79 Å². The fourth-order valence-corrected chi connectivity index (χ4v) is 7.61. The van der Waals surface area contributed by atoms with E-state index in [-0.39, 0.29) is 10.8 Å². The largest absolute Gasteiger partial charge is 0.302 e. The van der Waals surface area contributed by atoms with Crippen molar-refractivity contribution in [2.75, 3.05) is 19.6 Å². The number of thiophene rings is 1. The van der Waals surface area contributed by atoms with E-state index < -0.39 is 16.1 Å². The Bertz CT molecular complexity index is 1470. The highest BCUT2D eigenvalue weighted by Gasteiger charge is 2.35. The third kappa shape index (κ3) is 4.39. The summed E-state index contributed by atoms with van der Waals surface area (Å²) in [6.07, 6.45) is 2.49. The molecule has 6 nitrogen and oxygen atoms in total. The Kier molecular flexibility index (Phi) is 6.15. The lowest BCUT2D eigenvalue weighted by atomic mass is 10.1. The summed E-state index contributed by atoms with van der Waals surface area (Å²) in [5, 5.41) is 3.67. The number of hydrogen-bond acceptors (Lipinski definition) is 6. The molecule has 33 heavy (non-hydrogen) atoms. The highest BCUT2D eigenvalue weighted by atomic mass is 35.5. The molecule has 1 aliphatic heterocycles. The van der Waals surface area contributed by atoms with E-state index in [1.165, 1.54) is 15.6 Å². The van der Waals surface area contributed by atoms with Crippen LogP contribution < -0.4 is 0 Å². The van der Waals surface area contributed by atoms with Crippen LogP contribution in [0.3, 0.4) is 0 Å². The van der Waals surface area contributed by atoms with E-state index in [0.717, 1.165) is 32.7 Å². The summed E-state index contributed by atoms with van der Waals surface area (Å²) in [5.41, 5.74) is 0.988. The molecular weight excluding hydrogens is 501 g/mol. The SMILES string of the molecule is O=CC1CN(S(=O)(=O)c2cc3ccc(Cl)cc3s2)CCN1Cc1ccc2ccnc(Cl)c2c1. The monoisotopic (exact) mass is 519 g/mol. The summed E-state index contributed by atoms with van der Waals surface area (Å²) >= 11 is 13.5. The van der Waals surface area contributed by atoms with Gasteiger partial charge in [0.15, 0.2) is 0 Å². The molecule has 1 unspecified atom stereocenters. The van der Waals surface area contributed by atoms with Gasteiger partial charge in [0, 0.05) is 47.5 Å². The minimum Gasteiger partial charge on any atom is -0.302 e. The van der Waals surface area contributed by atoms with Gasteiger partial charge in [0.05, 0.1) is 6.04 Å². The molecule has 1 fully saturated rings. The van der Waals surface area contributed by atoms with E-state index >= 15 is 0 Å². The van der Waals surface area contributed by atoms with Crippen molar-refractivity contribution in [3.05, 3.63) is 70.5 Å². The molecule has 1 saturated heterocycles. The van der Waals surface area contributed by atoms with Gasteiger partial charge in [-0.25, -0.2) is 13.4 Å². The molecule has 10 heteroatoms. The molecule has 2 aromatic heterocycles. The number of carbonyl (C=O) groups excluding carboxylic acids is 1. The Morgan fingerprint density at radius 3 is 2.70 bits per heavy atom. The second kappa shape index (κ2) is 8.94. The first-order chi connectivity index (χ1) is 15.8. The van der Waals surface area contributed by atoms with Gasteiger partial charge in [-0.05, 0) is 46.7 Å². The molecule has 0 saturated carbocycles. The average Bonchev–Trinajstić information content (AvgIpc) is 3.24. The number of benzene rings is 2. The van der Waals surface area contributed by atoms with E-state index in [1.807, 2.05) is 35.2 Å². The number of aldehydes is 1. The number of aromatic nitrogens is 1. The third-order valence-electron chi connectivity index (χ3n) is 5.87. The van der Waals surface area contributed by atoms with Gasteiger partial charge in [-0.2, -0.15) is 4.31 Å². The number of nitrogens with zero attached hydrogens (tertiary/aromatic N) is 3. The molecule has 0 aliphatic carbocycles. The number of rotatable bonds is 5. The van der Waals surface area contributed by atoms with Crippen LogP contribution in [0.25, 0.3) is 20.9 Å². The minimum atomic E-state index is -3.71. The first kappa shape index (κ1) is 22.7. The van der Waals surface area contributed by atoms with Crippen molar-refractivity contribution in [3.63, 3.8) is 0 Å². The fraction of sp³-hybridized carbons (Fsp3) is 0.217. The van der Waals surface area contributed by atoms with Crippen LogP contribution in [0.4, 0.5) is 0 Å². The number of sulfonamides is 1. The highest BCUT2D eigenvalue weighted by molar-refractivity contribution is 7.91. The van der Waals surface area contributed by atoms with Crippen LogP contribution in [-0.2, 0) is 21.4 Å². The molecule has 170 valence electrons. The quantitative estimate of drug-likeness (QED) is 0.279. The standard InChI is InChI=1S/C23H19Cl2N3O3S2/c24-18-4-3-17-10-22(32-21(17)11-18)33(30,31)28-8-7-27(19(13-28)14-29)12-15-1-2-16-5-6-26-23(25)20(16)9-15/h1-6,9-11,14,19H,7-8,12-13H2. The van der Waals surface area contributed by atoms with Crippen molar-refractivity contribution in [1.82, 2.24) is 14.2 Å². The van der Waals surface area contributed by atoms with E-state index in [9.17, 15) is 13.2 Å². The molecule has 0 spiro atoms. The van der Waals surface area contributed by atoms with Crippen molar-refractivity contribution >= 4 is 71.7 Å². The topological polar surface area (TPSA) is 70.6 Å². The zero-order chi connectivity index (χ0) is 23.2. The predicted molar refractivity (Wildman–Crippen MR) is 133 cm³/mol. The minimum absolute atomic E-state index is 0.108. The number of hydrogen-bond donors (Lipinski definition) is 0. The molecular formula is C23H19Cl2N3O3S2. The Labute approximate surface area is 205 Å². The van der Waals surface area contributed by atoms with E-state index in [2.05, 4.69) is 4.98 Å². The smallest absolute Gasteiger partial charge is 0.252 e. The van der Waals surface area contributed by atoms with Gasteiger partial charge in [-0.15, -0.1) is 11.3 Å². The second-order valence-corrected chi connectivity index (χ2v) is 12.0. The zero-order valence-corrected chi connectivity index (χ0v) is 20.5. The van der Waals surface area contributed by atoms with Crippen LogP contribution in [0.1, 0.15) is 5.56 Å². The summed E-state index contributed by atoms with van der Waals surface area (Å²) in [6.45, 7) is 1.37. The molecule has 0 bridgehead atoms.